The molecule has 0 amide bonds. The Morgan fingerprint density at radius 3 is 2.39 bits per heavy atom. The lowest BCUT2D eigenvalue weighted by Gasteiger charge is -2.38. The van der Waals surface area contributed by atoms with E-state index in [0.29, 0.717) is 6.04 Å². The van der Waals surface area contributed by atoms with Crippen molar-refractivity contribution >= 4 is 29.9 Å². The van der Waals surface area contributed by atoms with Crippen LogP contribution in [0.5, 0.6) is 5.75 Å². The molecule has 2 N–H and O–H groups in total. The van der Waals surface area contributed by atoms with Crippen LogP contribution in [-0.2, 0) is 10.2 Å². The minimum Gasteiger partial charge on any atom is -0.497 e. The van der Waals surface area contributed by atoms with Crippen molar-refractivity contribution in [2.45, 2.75) is 57.9 Å². The number of aliphatic imine (C=N–C) groups is 1. The first-order valence-electron chi connectivity index (χ1n) is 11.5. The fourth-order valence-electron chi connectivity index (χ4n) is 4.19. The number of hydrogen-bond donors (Lipinski definition) is 2. The van der Waals surface area contributed by atoms with E-state index in [2.05, 4.69) is 65.6 Å². The van der Waals surface area contributed by atoms with Gasteiger partial charge in [-0.3, -0.25) is 4.99 Å². The van der Waals surface area contributed by atoms with Gasteiger partial charge < -0.3 is 25.0 Å². The molecule has 6 nitrogen and oxygen atoms in total. The minimum atomic E-state index is 0. The van der Waals surface area contributed by atoms with Gasteiger partial charge in [-0.15, -0.1) is 24.0 Å². The molecule has 1 saturated heterocycles. The standard InChI is InChI=1S/C24H42N4O2.HI/c1-6-28(7-2)16-8-9-20(3)27-23(25-4)26-19-24(14-17-30-18-15-24)21-10-12-22(29-5)13-11-21;/h10-13,20H,6-9,14-19H2,1-5H3,(H2,25,26,27);1H. The van der Waals surface area contributed by atoms with Gasteiger partial charge in [0.1, 0.15) is 5.75 Å². The van der Waals surface area contributed by atoms with Gasteiger partial charge in [0.05, 0.1) is 7.11 Å². The third-order valence-electron chi connectivity index (χ3n) is 6.36. The normalized spacial score (nSPS) is 17.0. The van der Waals surface area contributed by atoms with Gasteiger partial charge in [-0.25, -0.2) is 0 Å². The number of nitrogens with zero attached hydrogens (tertiary/aromatic N) is 2. The molecule has 7 heteroatoms. The Balaban J connectivity index is 0.00000480. The second-order valence-corrected chi connectivity index (χ2v) is 8.26. The van der Waals surface area contributed by atoms with Crippen LogP contribution in [0.25, 0.3) is 0 Å². The Kier molecular flexibility index (Phi) is 13.4. The maximum absolute atomic E-state index is 5.67. The number of rotatable bonds is 11. The minimum absolute atomic E-state index is 0. The molecular weight excluding hydrogens is 503 g/mol. The molecule has 31 heavy (non-hydrogen) atoms. The first-order valence-corrected chi connectivity index (χ1v) is 11.5. The molecule has 1 aromatic rings. The van der Waals surface area contributed by atoms with Gasteiger partial charge in [0.15, 0.2) is 5.96 Å². The van der Waals surface area contributed by atoms with E-state index in [1.165, 1.54) is 12.0 Å². The zero-order valence-corrected chi connectivity index (χ0v) is 22.4. The third kappa shape index (κ3) is 8.77. The lowest BCUT2D eigenvalue weighted by molar-refractivity contribution is 0.0513. The Morgan fingerprint density at radius 2 is 1.84 bits per heavy atom. The summed E-state index contributed by atoms with van der Waals surface area (Å²) in [4.78, 5) is 6.95. The second-order valence-electron chi connectivity index (χ2n) is 8.26. The van der Waals surface area contributed by atoms with E-state index in [4.69, 9.17) is 9.47 Å². The molecule has 0 aromatic heterocycles. The van der Waals surface area contributed by atoms with Crippen LogP contribution in [0.3, 0.4) is 0 Å². The van der Waals surface area contributed by atoms with E-state index in [-0.39, 0.29) is 29.4 Å². The average Bonchev–Trinajstić information content (AvgIpc) is 2.80. The highest BCUT2D eigenvalue weighted by molar-refractivity contribution is 14.0. The molecule has 178 valence electrons. The summed E-state index contributed by atoms with van der Waals surface area (Å²) in [5, 5.41) is 7.17. The molecule has 0 saturated carbocycles. The van der Waals surface area contributed by atoms with E-state index < -0.39 is 0 Å². The van der Waals surface area contributed by atoms with Gasteiger partial charge in [-0.05, 0) is 69.9 Å². The van der Waals surface area contributed by atoms with Gasteiger partial charge >= 0.3 is 0 Å². The Bertz CT molecular complexity index is 629. The Hall–Kier alpha value is -1.06. The predicted octanol–water partition coefficient (Wildman–Crippen LogP) is 4.04. The lowest BCUT2D eigenvalue weighted by atomic mass is 9.74. The first-order chi connectivity index (χ1) is 14.6. The van der Waals surface area contributed by atoms with Crippen LogP contribution in [0.15, 0.2) is 29.3 Å². The molecule has 0 aliphatic carbocycles. The van der Waals surface area contributed by atoms with Crippen molar-refractivity contribution in [2.75, 3.05) is 53.6 Å². The highest BCUT2D eigenvalue weighted by Gasteiger charge is 2.34. The van der Waals surface area contributed by atoms with E-state index in [9.17, 15) is 0 Å². The largest absolute Gasteiger partial charge is 0.497 e. The second kappa shape index (κ2) is 14.9. The van der Waals surface area contributed by atoms with Crippen LogP contribution in [-0.4, -0.2) is 70.5 Å². The summed E-state index contributed by atoms with van der Waals surface area (Å²) >= 11 is 0. The molecule has 0 bridgehead atoms. The highest BCUT2D eigenvalue weighted by atomic mass is 127. The number of ether oxygens (including phenoxy) is 2. The molecule has 0 radical (unpaired) electrons. The van der Waals surface area contributed by atoms with Gasteiger partial charge in [0.2, 0.25) is 0 Å². The topological polar surface area (TPSA) is 58.1 Å². The number of hydrogen-bond acceptors (Lipinski definition) is 4. The number of nitrogens with one attached hydrogen (secondary N) is 2. The van der Waals surface area contributed by atoms with Crippen LogP contribution in [0, 0.1) is 0 Å². The molecule has 1 aromatic carbocycles. The van der Waals surface area contributed by atoms with Crippen LogP contribution in [0.1, 0.15) is 52.0 Å². The van der Waals surface area contributed by atoms with E-state index >= 15 is 0 Å². The fraction of sp³-hybridized carbons (Fsp3) is 0.708. The summed E-state index contributed by atoms with van der Waals surface area (Å²) in [6.45, 7) is 12.5. The summed E-state index contributed by atoms with van der Waals surface area (Å²) < 4.78 is 11.0. The van der Waals surface area contributed by atoms with Crippen molar-refractivity contribution in [1.82, 2.24) is 15.5 Å². The summed E-state index contributed by atoms with van der Waals surface area (Å²) in [7, 11) is 3.56. The average molecular weight is 547 g/mol. The number of halogens is 1. The quantitative estimate of drug-likeness (QED) is 0.249. The third-order valence-corrected chi connectivity index (χ3v) is 6.36. The summed E-state index contributed by atoms with van der Waals surface area (Å²) in [5.41, 5.74) is 1.38. The van der Waals surface area contributed by atoms with Crippen molar-refractivity contribution in [3.8, 4) is 5.75 Å². The summed E-state index contributed by atoms with van der Waals surface area (Å²) in [6, 6.07) is 8.88. The van der Waals surface area contributed by atoms with E-state index in [0.717, 1.165) is 70.4 Å². The molecule has 1 heterocycles. The Labute approximate surface area is 206 Å². The van der Waals surface area contributed by atoms with Crippen LogP contribution >= 0.6 is 24.0 Å². The first kappa shape index (κ1) is 28.0. The zero-order chi connectivity index (χ0) is 21.8. The lowest BCUT2D eigenvalue weighted by Crippen LogP contribution is -2.49. The monoisotopic (exact) mass is 546 g/mol. The van der Waals surface area contributed by atoms with E-state index in [1.807, 2.05) is 7.05 Å². The van der Waals surface area contributed by atoms with Crippen LogP contribution < -0.4 is 15.4 Å². The van der Waals surface area contributed by atoms with E-state index in [1.54, 1.807) is 7.11 Å². The molecule has 0 spiro atoms. The molecular formula is C24H43IN4O2. The maximum atomic E-state index is 5.67. The molecule has 1 aliphatic rings. The van der Waals surface area contributed by atoms with Crippen molar-refractivity contribution in [3.63, 3.8) is 0 Å². The van der Waals surface area contributed by atoms with Gasteiger partial charge in [0.25, 0.3) is 0 Å². The smallest absolute Gasteiger partial charge is 0.191 e. The number of methoxy groups -OCH3 is 1. The fourth-order valence-corrected chi connectivity index (χ4v) is 4.19. The van der Waals surface area contributed by atoms with Crippen LogP contribution in [0.4, 0.5) is 0 Å². The zero-order valence-electron chi connectivity index (χ0n) is 20.1. The molecule has 1 fully saturated rings. The SMILES string of the molecule is CCN(CC)CCCC(C)NC(=NC)NCC1(c2ccc(OC)cc2)CCOCC1.I. The van der Waals surface area contributed by atoms with Crippen molar-refractivity contribution < 1.29 is 9.47 Å². The molecule has 1 atom stereocenters. The molecule has 1 aliphatic heterocycles. The highest BCUT2D eigenvalue weighted by Crippen LogP contribution is 2.35. The number of benzene rings is 1. The van der Waals surface area contributed by atoms with Crippen LogP contribution in [0.2, 0.25) is 0 Å². The summed E-state index contributed by atoms with van der Waals surface area (Å²) in [6.07, 6.45) is 4.33. The van der Waals surface area contributed by atoms with Gasteiger partial charge in [-0.1, -0.05) is 26.0 Å². The van der Waals surface area contributed by atoms with Crippen molar-refractivity contribution in [3.05, 3.63) is 29.8 Å². The molecule has 2 rings (SSSR count). The predicted molar refractivity (Wildman–Crippen MR) is 141 cm³/mol. The number of guanidine groups is 1. The molecule has 1 unspecified atom stereocenters. The van der Waals surface area contributed by atoms with Gasteiger partial charge in [0, 0.05) is 38.3 Å². The Morgan fingerprint density at radius 1 is 1.19 bits per heavy atom. The maximum Gasteiger partial charge on any atom is 0.191 e. The van der Waals surface area contributed by atoms with Gasteiger partial charge in [-0.2, -0.15) is 0 Å². The summed E-state index contributed by atoms with van der Waals surface area (Å²) in [5.74, 6) is 1.77. The van der Waals surface area contributed by atoms with Crippen molar-refractivity contribution in [2.24, 2.45) is 4.99 Å². The van der Waals surface area contributed by atoms with Crippen molar-refractivity contribution in [1.29, 1.82) is 0 Å².